The lowest BCUT2D eigenvalue weighted by atomic mass is 9.95. The molecule has 7 nitrogen and oxygen atoms in total. The highest BCUT2D eigenvalue weighted by Crippen LogP contribution is 2.31. The highest BCUT2D eigenvalue weighted by atomic mass is 32.2. The molecule has 0 spiro atoms. The van der Waals surface area contributed by atoms with Crippen molar-refractivity contribution in [3.05, 3.63) is 53.6 Å². The summed E-state index contributed by atoms with van der Waals surface area (Å²) >= 11 is 2.95. The van der Waals surface area contributed by atoms with Gasteiger partial charge in [-0.05, 0) is 61.9 Å². The minimum absolute atomic E-state index is 0.0568. The van der Waals surface area contributed by atoms with Crippen LogP contribution in [0.25, 0.3) is 10.2 Å². The van der Waals surface area contributed by atoms with Gasteiger partial charge in [0.05, 0.1) is 27.1 Å². The molecular weight excluding hydrogens is 516 g/mol. The first-order valence-corrected chi connectivity index (χ1v) is 15.3. The molecule has 3 aromatic rings. The number of thiazole rings is 1. The van der Waals surface area contributed by atoms with E-state index in [1.165, 1.54) is 42.4 Å². The van der Waals surface area contributed by atoms with Gasteiger partial charge in [-0.2, -0.15) is 0 Å². The Bertz CT molecular complexity index is 1310. The molecule has 1 aliphatic heterocycles. The van der Waals surface area contributed by atoms with Crippen LogP contribution in [0.3, 0.4) is 0 Å². The lowest BCUT2D eigenvalue weighted by Gasteiger charge is -2.30. The molecule has 2 N–H and O–H groups in total. The second kappa shape index (κ2) is 12.3. The van der Waals surface area contributed by atoms with Crippen molar-refractivity contribution in [1.82, 2.24) is 15.2 Å². The van der Waals surface area contributed by atoms with E-state index < -0.39 is 0 Å². The fourth-order valence-corrected chi connectivity index (χ4v) is 7.05. The van der Waals surface area contributed by atoms with Crippen LogP contribution in [0.5, 0.6) is 0 Å². The van der Waals surface area contributed by atoms with Gasteiger partial charge in [0, 0.05) is 24.8 Å². The third-order valence-electron chi connectivity index (χ3n) is 7.40. The molecule has 0 bridgehead atoms. The van der Waals surface area contributed by atoms with Crippen molar-refractivity contribution in [1.29, 1.82) is 0 Å². The number of piperidine rings is 1. The molecule has 2 heterocycles. The molecule has 2 aromatic carbocycles. The van der Waals surface area contributed by atoms with E-state index in [0.29, 0.717) is 34.5 Å². The number of carbonyl (C=O) groups excluding carboxylic acids is 3. The largest absolute Gasteiger partial charge is 0.353 e. The predicted octanol–water partition coefficient (Wildman–Crippen LogP) is 5.96. The van der Waals surface area contributed by atoms with Crippen molar-refractivity contribution < 1.29 is 14.4 Å². The summed E-state index contributed by atoms with van der Waals surface area (Å²) in [5.74, 6) is 0.630. The van der Waals surface area contributed by atoms with Gasteiger partial charge < -0.3 is 15.5 Å². The molecule has 38 heavy (non-hydrogen) atoms. The van der Waals surface area contributed by atoms with E-state index in [1.807, 2.05) is 23.1 Å². The molecule has 0 unspecified atom stereocenters. The number of benzene rings is 2. The Morgan fingerprint density at radius 2 is 1.74 bits per heavy atom. The van der Waals surface area contributed by atoms with Crippen molar-refractivity contribution in [3.8, 4) is 0 Å². The fourth-order valence-electron chi connectivity index (χ4n) is 5.13. The first-order chi connectivity index (χ1) is 18.5. The quantitative estimate of drug-likeness (QED) is 0.354. The minimum Gasteiger partial charge on any atom is -0.353 e. The summed E-state index contributed by atoms with van der Waals surface area (Å²) in [6, 6.07) is 12.9. The molecule has 0 radical (unpaired) electrons. The summed E-state index contributed by atoms with van der Waals surface area (Å²) in [6.45, 7) is 3.65. The SMILES string of the molecule is CC1CCN(C(=O)c2ccccc2C(=O)Nc2ccc3nc(SCC(=O)NC4CCCCC4)sc3c2)CC1. The predicted molar refractivity (Wildman–Crippen MR) is 154 cm³/mol. The fraction of sp³-hybridized carbons (Fsp3) is 0.448. The Hall–Kier alpha value is -2.91. The third-order valence-corrected chi connectivity index (χ3v) is 9.56. The number of aromatic nitrogens is 1. The van der Waals surface area contributed by atoms with Crippen LogP contribution in [0.1, 0.15) is 72.6 Å². The van der Waals surface area contributed by atoms with Gasteiger partial charge in [-0.15, -0.1) is 11.3 Å². The van der Waals surface area contributed by atoms with Gasteiger partial charge in [-0.3, -0.25) is 14.4 Å². The van der Waals surface area contributed by atoms with Crippen LogP contribution in [-0.4, -0.2) is 52.5 Å². The number of rotatable bonds is 7. The van der Waals surface area contributed by atoms with E-state index in [9.17, 15) is 14.4 Å². The van der Waals surface area contributed by atoms with Crippen LogP contribution in [0.15, 0.2) is 46.8 Å². The number of nitrogens with zero attached hydrogens (tertiary/aromatic N) is 2. The molecular formula is C29H34N4O3S2. The molecule has 1 saturated carbocycles. The smallest absolute Gasteiger partial charge is 0.256 e. The van der Waals surface area contributed by atoms with E-state index in [0.717, 1.165) is 53.3 Å². The van der Waals surface area contributed by atoms with E-state index in [2.05, 4.69) is 22.5 Å². The molecule has 3 amide bonds. The van der Waals surface area contributed by atoms with Crippen LogP contribution in [-0.2, 0) is 4.79 Å². The molecule has 1 aliphatic carbocycles. The monoisotopic (exact) mass is 550 g/mol. The van der Waals surface area contributed by atoms with Crippen LogP contribution >= 0.6 is 23.1 Å². The number of nitrogens with one attached hydrogen (secondary N) is 2. The van der Waals surface area contributed by atoms with Gasteiger partial charge >= 0.3 is 0 Å². The molecule has 1 aromatic heterocycles. The van der Waals surface area contributed by atoms with E-state index >= 15 is 0 Å². The molecule has 1 saturated heterocycles. The summed E-state index contributed by atoms with van der Waals surface area (Å²) in [6.07, 6.45) is 7.76. The Morgan fingerprint density at radius 3 is 2.50 bits per heavy atom. The zero-order chi connectivity index (χ0) is 26.5. The molecule has 2 aliphatic rings. The normalized spacial score (nSPS) is 16.9. The Balaban J connectivity index is 1.22. The van der Waals surface area contributed by atoms with Gasteiger partial charge in [-0.1, -0.05) is 50.1 Å². The average molecular weight is 551 g/mol. The van der Waals surface area contributed by atoms with Crippen molar-refractivity contribution in [2.75, 3.05) is 24.2 Å². The maximum absolute atomic E-state index is 13.2. The second-order valence-corrected chi connectivity index (χ2v) is 12.6. The van der Waals surface area contributed by atoms with E-state index in [1.54, 1.807) is 24.3 Å². The maximum atomic E-state index is 13.2. The maximum Gasteiger partial charge on any atom is 0.256 e. The topological polar surface area (TPSA) is 91.4 Å². The van der Waals surface area contributed by atoms with Crippen molar-refractivity contribution in [2.24, 2.45) is 5.92 Å². The summed E-state index contributed by atoms with van der Waals surface area (Å²) in [4.78, 5) is 45.3. The summed E-state index contributed by atoms with van der Waals surface area (Å²) in [7, 11) is 0. The standard InChI is InChI=1S/C29H34N4O3S2/c1-19-13-15-33(16-14-19)28(36)23-10-6-5-9-22(23)27(35)31-21-11-12-24-25(17-21)38-29(32-24)37-18-26(34)30-20-7-3-2-4-8-20/h5-6,9-12,17,19-20H,2-4,7-8,13-16,18H2,1H3,(H,30,34)(H,31,35). The number of hydrogen-bond donors (Lipinski definition) is 2. The lowest BCUT2D eigenvalue weighted by molar-refractivity contribution is -0.119. The van der Waals surface area contributed by atoms with Gasteiger partial charge in [0.2, 0.25) is 5.91 Å². The highest BCUT2D eigenvalue weighted by molar-refractivity contribution is 8.01. The Morgan fingerprint density at radius 1 is 1.00 bits per heavy atom. The molecule has 2 fully saturated rings. The van der Waals surface area contributed by atoms with E-state index in [4.69, 9.17) is 0 Å². The van der Waals surface area contributed by atoms with Gasteiger partial charge in [0.1, 0.15) is 0 Å². The number of amides is 3. The third kappa shape index (κ3) is 6.56. The van der Waals surface area contributed by atoms with Gasteiger partial charge in [0.15, 0.2) is 4.34 Å². The number of fused-ring (bicyclic) bond motifs is 1. The highest BCUT2D eigenvalue weighted by Gasteiger charge is 2.25. The van der Waals surface area contributed by atoms with Gasteiger partial charge in [-0.25, -0.2) is 4.98 Å². The number of hydrogen-bond acceptors (Lipinski definition) is 6. The first-order valence-electron chi connectivity index (χ1n) is 13.5. The second-order valence-electron chi connectivity index (χ2n) is 10.3. The Kier molecular flexibility index (Phi) is 8.64. The summed E-state index contributed by atoms with van der Waals surface area (Å²) < 4.78 is 1.76. The van der Waals surface area contributed by atoms with Crippen molar-refractivity contribution in [3.63, 3.8) is 0 Å². The number of anilines is 1. The van der Waals surface area contributed by atoms with E-state index in [-0.39, 0.29) is 17.7 Å². The lowest BCUT2D eigenvalue weighted by Crippen LogP contribution is -2.38. The minimum atomic E-state index is -0.308. The molecule has 5 rings (SSSR count). The van der Waals surface area contributed by atoms with Crippen LogP contribution in [0.2, 0.25) is 0 Å². The zero-order valence-corrected chi connectivity index (χ0v) is 23.3. The average Bonchev–Trinajstić information content (AvgIpc) is 3.35. The molecule has 9 heteroatoms. The molecule has 0 atom stereocenters. The summed E-state index contributed by atoms with van der Waals surface area (Å²) in [5.41, 5.74) is 2.29. The number of thioether (sulfide) groups is 1. The summed E-state index contributed by atoms with van der Waals surface area (Å²) in [5, 5.41) is 6.11. The van der Waals surface area contributed by atoms with Crippen LogP contribution < -0.4 is 10.6 Å². The number of carbonyl (C=O) groups is 3. The number of likely N-dealkylation sites (tertiary alicyclic amines) is 1. The van der Waals surface area contributed by atoms with Crippen LogP contribution in [0, 0.1) is 5.92 Å². The van der Waals surface area contributed by atoms with Crippen molar-refractivity contribution >= 4 is 56.7 Å². The van der Waals surface area contributed by atoms with Crippen molar-refractivity contribution in [2.45, 2.75) is 62.3 Å². The zero-order valence-electron chi connectivity index (χ0n) is 21.7. The molecule has 200 valence electrons. The Labute approximate surface area is 231 Å². The first kappa shape index (κ1) is 26.7. The van der Waals surface area contributed by atoms with Gasteiger partial charge in [0.25, 0.3) is 11.8 Å². The van der Waals surface area contributed by atoms with Crippen LogP contribution in [0.4, 0.5) is 5.69 Å².